The number of nitrogens with one attached hydrogen (secondary N) is 2. The molecule has 4 rings (SSSR count). The molecule has 1 saturated carbocycles. The molecule has 0 spiro atoms. The Morgan fingerprint density at radius 2 is 1.81 bits per heavy atom. The van der Waals surface area contributed by atoms with Gasteiger partial charge in [-0.15, -0.1) is 0 Å². The predicted molar refractivity (Wildman–Crippen MR) is 128 cm³/mol. The molecule has 1 aliphatic rings. The molecule has 3 heterocycles. The first kappa shape index (κ1) is 22.4. The minimum absolute atomic E-state index is 0.443. The van der Waals surface area contributed by atoms with E-state index in [0.29, 0.717) is 29.9 Å². The number of rotatable bonds is 9. The first-order valence-corrected chi connectivity index (χ1v) is 11.8. The van der Waals surface area contributed by atoms with Crippen molar-refractivity contribution in [3.05, 3.63) is 24.9 Å². The normalized spacial score (nSPS) is 15.2. The highest BCUT2D eigenvalue weighted by atomic mass is 15.2. The summed E-state index contributed by atoms with van der Waals surface area (Å²) < 4.78 is 2.23. The Bertz CT molecular complexity index is 985. The molecular weight excluding hydrogens is 402 g/mol. The van der Waals surface area contributed by atoms with Crippen LogP contribution in [0.2, 0.25) is 0 Å². The summed E-state index contributed by atoms with van der Waals surface area (Å²) >= 11 is 0. The number of imidazole rings is 1. The lowest BCUT2D eigenvalue weighted by Gasteiger charge is -2.30. The third kappa shape index (κ3) is 5.15. The first-order chi connectivity index (χ1) is 15.5. The van der Waals surface area contributed by atoms with Crippen LogP contribution in [0.4, 0.5) is 17.6 Å². The summed E-state index contributed by atoms with van der Waals surface area (Å²) in [5.74, 6) is 1.87. The average molecular weight is 438 g/mol. The molecule has 3 aromatic heterocycles. The topological polar surface area (TPSA) is 96.7 Å². The van der Waals surface area contributed by atoms with Crippen molar-refractivity contribution in [2.75, 3.05) is 23.7 Å². The lowest BCUT2D eigenvalue weighted by molar-refractivity contribution is 0.182. The van der Waals surface area contributed by atoms with Crippen molar-refractivity contribution in [1.29, 1.82) is 0 Å². The fraction of sp³-hybridized carbons (Fsp3) is 0.609. The van der Waals surface area contributed by atoms with Gasteiger partial charge in [0, 0.05) is 43.6 Å². The van der Waals surface area contributed by atoms with Crippen molar-refractivity contribution in [2.24, 2.45) is 0 Å². The number of fused-ring (bicyclic) bond motifs is 1. The van der Waals surface area contributed by atoms with Crippen molar-refractivity contribution in [1.82, 2.24) is 34.4 Å². The summed E-state index contributed by atoms with van der Waals surface area (Å²) in [7, 11) is 0. The fourth-order valence-electron chi connectivity index (χ4n) is 4.62. The van der Waals surface area contributed by atoms with E-state index in [-0.39, 0.29) is 0 Å². The number of nitrogens with zero attached hydrogens (tertiary/aromatic N) is 7. The zero-order valence-electron chi connectivity index (χ0n) is 19.6. The first-order valence-electron chi connectivity index (χ1n) is 11.8. The van der Waals surface area contributed by atoms with E-state index in [1.54, 1.807) is 18.6 Å². The van der Waals surface area contributed by atoms with Gasteiger partial charge in [0.1, 0.15) is 0 Å². The summed E-state index contributed by atoms with van der Waals surface area (Å²) in [6.45, 7) is 10.6. The van der Waals surface area contributed by atoms with Crippen molar-refractivity contribution in [2.45, 2.75) is 77.9 Å². The Hall–Kier alpha value is -2.81. The molecule has 172 valence electrons. The maximum absolute atomic E-state index is 4.83. The second-order valence-electron chi connectivity index (χ2n) is 9.08. The quantitative estimate of drug-likeness (QED) is 0.509. The molecule has 0 atom stereocenters. The summed E-state index contributed by atoms with van der Waals surface area (Å²) in [5.41, 5.74) is 1.69. The average Bonchev–Trinajstić information content (AvgIpc) is 3.21. The molecule has 32 heavy (non-hydrogen) atoms. The maximum Gasteiger partial charge on any atom is 0.232 e. The molecule has 3 aromatic rings. The van der Waals surface area contributed by atoms with E-state index in [9.17, 15) is 0 Å². The summed E-state index contributed by atoms with van der Waals surface area (Å²) in [6, 6.07) is 1.42. The van der Waals surface area contributed by atoms with Crippen molar-refractivity contribution >= 4 is 28.7 Å². The largest absolute Gasteiger partial charge is 0.367 e. The van der Waals surface area contributed by atoms with Crippen LogP contribution in [0.3, 0.4) is 0 Å². The Labute approximate surface area is 190 Å². The smallest absolute Gasteiger partial charge is 0.232 e. The fourth-order valence-corrected chi connectivity index (χ4v) is 4.62. The molecule has 2 N–H and O–H groups in total. The summed E-state index contributed by atoms with van der Waals surface area (Å²) in [6.07, 6.45) is 13.1. The van der Waals surface area contributed by atoms with E-state index in [4.69, 9.17) is 15.0 Å². The Morgan fingerprint density at radius 3 is 2.50 bits per heavy atom. The lowest BCUT2D eigenvalue weighted by atomic mass is 9.95. The highest BCUT2D eigenvalue weighted by molar-refractivity contribution is 5.84. The molecule has 9 nitrogen and oxygen atoms in total. The van der Waals surface area contributed by atoms with Crippen molar-refractivity contribution < 1.29 is 0 Å². The van der Waals surface area contributed by atoms with Gasteiger partial charge in [0.2, 0.25) is 5.95 Å². The second kappa shape index (κ2) is 10.2. The zero-order chi connectivity index (χ0) is 22.5. The van der Waals surface area contributed by atoms with Crippen molar-refractivity contribution in [3.63, 3.8) is 0 Å². The van der Waals surface area contributed by atoms with Crippen LogP contribution in [0.15, 0.2) is 24.9 Å². The molecule has 1 aliphatic carbocycles. The highest BCUT2D eigenvalue weighted by Crippen LogP contribution is 2.32. The van der Waals surface area contributed by atoms with Gasteiger partial charge in [0.25, 0.3) is 0 Å². The molecule has 0 amide bonds. The van der Waals surface area contributed by atoms with E-state index in [1.807, 2.05) is 6.33 Å². The van der Waals surface area contributed by atoms with E-state index >= 15 is 0 Å². The zero-order valence-corrected chi connectivity index (χ0v) is 19.6. The summed E-state index contributed by atoms with van der Waals surface area (Å²) in [5, 5.41) is 6.73. The number of anilines is 3. The van der Waals surface area contributed by atoms with Gasteiger partial charge in [-0.3, -0.25) is 9.88 Å². The van der Waals surface area contributed by atoms with Gasteiger partial charge in [-0.2, -0.15) is 9.97 Å². The Balaban J connectivity index is 1.62. The Morgan fingerprint density at radius 1 is 1.03 bits per heavy atom. The molecule has 1 fully saturated rings. The van der Waals surface area contributed by atoms with E-state index < -0.39 is 0 Å². The van der Waals surface area contributed by atoms with Crippen LogP contribution in [0.5, 0.6) is 0 Å². The van der Waals surface area contributed by atoms with Gasteiger partial charge in [-0.1, -0.05) is 19.3 Å². The third-order valence-corrected chi connectivity index (χ3v) is 6.18. The van der Waals surface area contributed by atoms with Crippen molar-refractivity contribution in [3.8, 4) is 0 Å². The number of aromatic nitrogens is 6. The van der Waals surface area contributed by atoms with Gasteiger partial charge in [-0.25, -0.2) is 9.97 Å². The second-order valence-corrected chi connectivity index (χ2v) is 9.08. The van der Waals surface area contributed by atoms with Gasteiger partial charge in [0.15, 0.2) is 22.8 Å². The molecule has 0 unspecified atom stereocenters. The third-order valence-electron chi connectivity index (χ3n) is 6.18. The molecule has 0 aliphatic heterocycles. The SMILES string of the molecule is CC(C)N(CCNc1nc(Nc2cnccn2)nc2c1ncn2C1CCCCC1)C(C)C. The van der Waals surface area contributed by atoms with Gasteiger partial charge in [-0.05, 0) is 40.5 Å². The van der Waals surface area contributed by atoms with E-state index in [1.165, 1.54) is 32.1 Å². The molecular formula is C23H35N9. The van der Waals surface area contributed by atoms with Gasteiger partial charge in [0.05, 0.1) is 12.5 Å². The molecule has 0 bridgehead atoms. The van der Waals surface area contributed by atoms with Crippen LogP contribution in [0.1, 0.15) is 65.8 Å². The van der Waals surface area contributed by atoms with E-state index in [0.717, 1.165) is 30.1 Å². The Kier molecular flexibility index (Phi) is 7.14. The molecule has 9 heteroatoms. The van der Waals surface area contributed by atoms with Crippen LogP contribution >= 0.6 is 0 Å². The van der Waals surface area contributed by atoms with Crippen LogP contribution in [-0.2, 0) is 0 Å². The maximum atomic E-state index is 4.83. The highest BCUT2D eigenvalue weighted by Gasteiger charge is 2.21. The standard InChI is InChI=1S/C23H35N9/c1-16(2)31(17(3)4)13-12-26-21-20-22(32(15-27-20)18-8-6-5-7-9-18)30-23(29-21)28-19-14-24-10-11-25-19/h10-11,14-18H,5-9,12-13H2,1-4H3,(H2,25,26,28,29,30). The minimum Gasteiger partial charge on any atom is -0.367 e. The lowest BCUT2D eigenvalue weighted by Crippen LogP contribution is -2.40. The number of hydrogen-bond acceptors (Lipinski definition) is 8. The van der Waals surface area contributed by atoms with Crippen LogP contribution in [0.25, 0.3) is 11.2 Å². The van der Waals surface area contributed by atoms with Crippen LogP contribution in [-0.4, -0.2) is 59.6 Å². The summed E-state index contributed by atoms with van der Waals surface area (Å²) in [4.78, 5) is 25.2. The van der Waals surface area contributed by atoms with Crippen LogP contribution < -0.4 is 10.6 Å². The van der Waals surface area contributed by atoms with Gasteiger partial charge < -0.3 is 15.2 Å². The molecule has 0 radical (unpaired) electrons. The number of hydrogen-bond donors (Lipinski definition) is 2. The minimum atomic E-state index is 0.443. The van der Waals surface area contributed by atoms with E-state index in [2.05, 4.69) is 57.8 Å². The molecule has 0 saturated heterocycles. The monoisotopic (exact) mass is 437 g/mol. The van der Waals surface area contributed by atoms with Gasteiger partial charge >= 0.3 is 0 Å². The predicted octanol–water partition coefficient (Wildman–Crippen LogP) is 4.40. The van der Waals surface area contributed by atoms with Crippen LogP contribution in [0, 0.1) is 0 Å². The molecule has 0 aromatic carbocycles.